The minimum absolute atomic E-state index is 0.201. The van der Waals surface area contributed by atoms with Gasteiger partial charge in [0.1, 0.15) is 11.9 Å². The van der Waals surface area contributed by atoms with E-state index in [1.165, 1.54) is 41.0 Å². The van der Waals surface area contributed by atoms with Crippen LogP contribution in [-0.4, -0.2) is 73.4 Å². The molecular formula is C35H36F3N3O2S2. The monoisotopic (exact) mass is 651 g/mol. The summed E-state index contributed by atoms with van der Waals surface area (Å²) in [7, 11) is 0. The van der Waals surface area contributed by atoms with Crippen molar-refractivity contribution in [2.45, 2.75) is 39.5 Å². The van der Waals surface area contributed by atoms with Crippen LogP contribution in [0.4, 0.5) is 24.5 Å². The van der Waals surface area contributed by atoms with E-state index in [2.05, 4.69) is 34.1 Å². The molecule has 4 aromatic carbocycles. The zero-order valence-electron chi connectivity index (χ0n) is 25.1. The van der Waals surface area contributed by atoms with Gasteiger partial charge in [-0.2, -0.15) is 13.2 Å². The SMILES string of the molecule is CC(Sc1ccc2ccccc2c1)C(=O)OCCN1CCN(CCCN2c3ccccc3Sc3ccc(C(F)(F)F)cc32)CC1. The van der Waals surface area contributed by atoms with Gasteiger partial charge in [-0.05, 0) is 73.1 Å². The molecule has 1 saturated heterocycles. The Balaban J connectivity index is 0.940. The van der Waals surface area contributed by atoms with Crippen LogP contribution in [0.25, 0.3) is 10.8 Å². The molecule has 1 unspecified atom stereocenters. The number of carbonyl (C=O) groups is 1. The number of fused-ring (bicyclic) bond motifs is 3. The van der Waals surface area contributed by atoms with Crippen LogP contribution in [0.5, 0.6) is 0 Å². The maximum atomic E-state index is 13.5. The first-order valence-corrected chi connectivity index (χ1v) is 17.0. The summed E-state index contributed by atoms with van der Waals surface area (Å²) in [6.45, 7) is 8.05. The van der Waals surface area contributed by atoms with Crippen LogP contribution in [-0.2, 0) is 15.7 Å². The van der Waals surface area contributed by atoms with Gasteiger partial charge < -0.3 is 14.5 Å². The summed E-state index contributed by atoms with van der Waals surface area (Å²) in [6.07, 6.45) is -3.55. The Bertz CT molecular complexity index is 1640. The molecule has 0 saturated carbocycles. The average molecular weight is 652 g/mol. The largest absolute Gasteiger partial charge is 0.463 e. The van der Waals surface area contributed by atoms with E-state index in [1.807, 2.05) is 54.3 Å². The van der Waals surface area contributed by atoms with E-state index >= 15 is 0 Å². The Kier molecular flexibility index (Phi) is 9.94. The summed E-state index contributed by atoms with van der Waals surface area (Å²) in [4.78, 5) is 22.4. The number of carbonyl (C=O) groups excluding carboxylic acids is 1. The number of ether oxygens (including phenoxy) is 1. The van der Waals surface area contributed by atoms with E-state index in [4.69, 9.17) is 4.74 Å². The summed E-state index contributed by atoms with van der Waals surface area (Å²) in [6, 6.07) is 26.4. The summed E-state index contributed by atoms with van der Waals surface area (Å²) in [5.41, 5.74) is 0.961. The van der Waals surface area contributed by atoms with Gasteiger partial charge in [-0.25, -0.2) is 0 Å². The predicted molar refractivity (Wildman–Crippen MR) is 177 cm³/mol. The molecule has 4 aromatic rings. The molecule has 0 aliphatic carbocycles. The quantitative estimate of drug-likeness (QED) is 0.126. The third-order valence-electron chi connectivity index (χ3n) is 8.29. The molecule has 0 amide bonds. The third kappa shape index (κ3) is 7.80. The Hall–Kier alpha value is -3.18. The summed E-state index contributed by atoms with van der Waals surface area (Å²) in [5.74, 6) is -0.201. The van der Waals surface area contributed by atoms with Crippen LogP contribution in [0, 0.1) is 0 Å². The molecule has 45 heavy (non-hydrogen) atoms. The van der Waals surface area contributed by atoms with Gasteiger partial charge in [0.25, 0.3) is 0 Å². The molecule has 1 atom stereocenters. The van der Waals surface area contributed by atoms with Crippen molar-refractivity contribution in [1.82, 2.24) is 9.80 Å². The maximum absolute atomic E-state index is 13.5. The van der Waals surface area contributed by atoms with Crippen molar-refractivity contribution < 1.29 is 22.7 Å². The molecule has 2 aliphatic rings. The van der Waals surface area contributed by atoms with Gasteiger partial charge in [0.15, 0.2) is 0 Å². The van der Waals surface area contributed by atoms with Crippen LogP contribution in [0.15, 0.2) is 99.6 Å². The van der Waals surface area contributed by atoms with Crippen molar-refractivity contribution in [3.63, 3.8) is 0 Å². The third-order valence-corrected chi connectivity index (χ3v) is 10.5. The first-order valence-electron chi connectivity index (χ1n) is 15.3. The fourth-order valence-corrected chi connectivity index (χ4v) is 7.81. The number of hydrogen-bond acceptors (Lipinski definition) is 7. The Morgan fingerprint density at radius 3 is 2.29 bits per heavy atom. The number of esters is 1. The summed E-state index contributed by atoms with van der Waals surface area (Å²) >= 11 is 3.04. The lowest BCUT2D eigenvalue weighted by Gasteiger charge is -2.36. The lowest BCUT2D eigenvalue weighted by Crippen LogP contribution is -2.47. The molecule has 2 heterocycles. The standard InChI is InChI=1S/C35H36F3N3O2S2/c1-25(44-29-13-11-26-7-2-3-8-27(26)23-29)34(42)43-22-21-40-19-17-39(18-20-40)15-6-16-41-30-9-4-5-10-32(30)45-33-14-12-28(24-31(33)41)35(36,37)38/h2-5,7-14,23-25H,6,15-22H2,1H3. The molecule has 10 heteroatoms. The molecule has 0 radical (unpaired) electrons. The second kappa shape index (κ2) is 14.1. The number of benzene rings is 4. The Morgan fingerprint density at radius 2 is 1.51 bits per heavy atom. The van der Waals surface area contributed by atoms with Crippen LogP contribution in [0.2, 0.25) is 0 Å². The van der Waals surface area contributed by atoms with Gasteiger partial charge in [0.05, 0.1) is 16.9 Å². The van der Waals surface area contributed by atoms with E-state index in [-0.39, 0.29) is 11.2 Å². The number of para-hydroxylation sites is 1. The van der Waals surface area contributed by atoms with Crippen LogP contribution in [0.1, 0.15) is 18.9 Å². The van der Waals surface area contributed by atoms with Crippen molar-refractivity contribution >= 4 is 51.6 Å². The Morgan fingerprint density at radius 1 is 0.822 bits per heavy atom. The zero-order valence-corrected chi connectivity index (χ0v) is 26.8. The predicted octanol–water partition coefficient (Wildman–Crippen LogP) is 8.19. The van der Waals surface area contributed by atoms with E-state index in [0.717, 1.165) is 64.9 Å². The lowest BCUT2D eigenvalue weighted by molar-refractivity contribution is -0.143. The number of alkyl halides is 3. The van der Waals surface area contributed by atoms with Crippen LogP contribution in [0.3, 0.4) is 0 Å². The highest BCUT2D eigenvalue weighted by atomic mass is 32.2. The van der Waals surface area contributed by atoms with Crippen molar-refractivity contribution in [1.29, 1.82) is 0 Å². The first kappa shape index (κ1) is 31.8. The topological polar surface area (TPSA) is 36.0 Å². The van der Waals surface area contributed by atoms with Crippen LogP contribution >= 0.6 is 23.5 Å². The second-order valence-electron chi connectivity index (χ2n) is 11.4. The molecular weight excluding hydrogens is 616 g/mol. The molecule has 5 nitrogen and oxygen atoms in total. The zero-order chi connectivity index (χ0) is 31.4. The number of nitrogens with zero attached hydrogens (tertiary/aromatic N) is 3. The minimum Gasteiger partial charge on any atom is -0.463 e. The number of halogens is 3. The molecule has 0 N–H and O–H groups in total. The maximum Gasteiger partial charge on any atom is 0.416 e. The van der Waals surface area contributed by atoms with Gasteiger partial charge in [0.2, 0.25) is 0 Å². The normalized spacial score (nSPS) is 16.3. The fraction of sp³-hybridized carbons (Fsp3) is 0.343. The second-order valence-corrected chi connectivity index (χ2v) is 13.9. The van der Waals surface area contributed by atoms with Crippen molar-refractivity contribution in [3.05, 3.63) is 90.5 Å². The van der Waals surface area contributed by atoms with E-state index < -0.39 is 11.7 Å². The van der Waals surface area contributed by atoms with Crippen molar-refractivity contribution in [3.8, 4) is 0 Å². The average Bonchev–Trinajstić information content (AvgIpc) is 3.04. The number of rotatable bonds is 10. The van der Waals surface area contributed by atoms with Crippen molar-refractivity contribution in [2.24, 2.45) is 0 Å². The molecule has 236 valence electrons. The van der Waals surface area contributed by atoms with Crippen molar-refractivity contribution in [2.75, 3.05) is 57.3 Å². The molecule has 6 rings (SSSR count). The summed E-state index contributed by atoms with van der Waals surface area (Å²) in [5, 5.41) is 2.04. The van der Waals surface area contributed by atoms with E-state index in [0.29, 0.717) is 25.4 Å². The molecule has 2 aliphatic heterocycles. The van der Waals surface area contributed by atoms with Gasteiger partial charge >= 0.3 is 12.1 Å². The lowest BCUT2D eigenvalue weighted by atomic mass is 10.1. The number of anilines is 2. The highest BCUT2D eigenvalue weighted by Gasteiger charge is 2.33. The van der Waals surface area contributed by atoms with Gasteiger partial charge in [-0.3, -0.25) is 9.69 Å². The number of piperazine rings is 1. The first-order chi connectivity index (χ1) is 21.7. The van der Waals surface area contributed by atoms with E-state index in [9.17, 15) is 18.0 Å². The van der Waals surface area contributed by atoms with Gasteiger partial charge in [-0.15, -0.1) is 11.8 Å². The highest BCUT2D eigenvalue weighted by Crippen LogP contribution is 2.49. The Labute approximate surface area is 270 Å². The van der Waals surface area contributed by atoms with Gasteiger partial charge in [0, 0.05) is 54.0 Å². The summed E-state index contributed by atoms with van der Waals surface area (Å²) < 4.78 is 46.2. The highest BCUT2D eigenvalue weighted by molar-refractivity contribution is 8.00. The molecule has 0 bridgehead atoms. The molecule has 0 spiro atoms. The fourth-order valence-electron chi connectivity index (χ4n) is 5.82. The number of thioether (sulfide) groups is 1. The number of hydrogen-bond donors (Lipinski definition) is 0. The molecule has 1 fully saturated rings. The van der Waals surface area contributed by atoms with Gasteiger partial charge in [-0.1, -0.05) is 54.2 Å². The van der Waals surface area contributed by atoms with E-state index in [1.54, 1.807) is 6.07 Å². The minimum atomic E-state index is -4.38. The molecule has 0 aromatic heterocycles. The smallest absolute Gasteiger partial charge is 0.416 e. The van der Waals surface area contributed by atoms with Crippen LogP contribution < -0.4 is 4.90 Å².